The molecule has 0 saturated carbocycles. The number of nitrogens with zero attached hydrogens (tertiary/aromatic N) is 3. The van der Waals surface area contributed by atoms with Crippen molar-refractivity contribution >= 4 is 23.7 Å². The van der Waals surface area contributed by atoms with Gasteiger partial charge in [0.05, 0.1) is 12.3 Å². The summed E-state index contributed by atoms with van der Waals surface area (Å²) in [4.78, 5) is 16.0. The quantitative estimate of drug-likeness (QED) is 0.234. The van der Waals surface area contributed by atoms with Crippen LogP contribution in [-0.4, -0.2) is 18.9 Å². The number of nitrogens with one attached hydrogen (secondary N) is 1. The Morgan fingerprint density at radius 3 is 2.03 bits per heavy atom. The lowest BCUT2D eigenvalue weighted by Crippen LogP contribution is -2.29. The predicted octanol–water partition coefficient (Wildman–Crippen LogP) is 4.95. The second kappa shape index (κ2) is 11.0. The number of hydrogen-bond donors (Lipinski definition) is 1. The van der Waals surface area contributed by atoms with E-state index in [1.54, 1.807) is 0 Å². The number of hydrogen-bond acceptors (Lipinski definition) is 3. The molecule has 6 heteroatoms. The molecule has 0 radical (unpaired) electrons. The van der Waals surface area contributed by atoms with E-state index in [-0.39, 0.29) is 5.91 Å². The standard InChI is InChI=1S/C28H27N4O2/c1-3-28(33)30-25-8-6-10-27(20-25)32-17-13-23(14-18-32)22-11-15-31(16-12-22)26-9-5-7-24(19-26)29-21-34-4-2/h5-21H,3-4H2,1-2H3/q+1/p+1. The van der Waals surface area contributed by atoms with E-state index in [0.29, 0.717) is 13.0 Å². The number of carbonyl (C=O) groups is 1. The van der Waals surface area contributed by atoms with Gasteiger partial charge in [0.1, 0.15) is 0 Å². The first-order chi connectivity index (χ1) is 16.7. The highest BCUT2D eigenvalue weighted by atomic mass is 16.5. The average Bonchev–Trinajstić information content (AvgIpc) is 2.89. The molecule has 1 amide bonds. The van der Waals surface area contributed by atoms with Crippen molar-refractivity contribution in [3.63, 3.8) is 0 Å². The van der Waals surface area contributed by atoms with Crippen LogP contribution in [0.15, 0.2) is 103 Å². The van der Waals surface area contributed by atoms with Crippen LogP contribution in [-0.2, 0) is 9.53 Å². The minimum atomic E-state index is 0.00350. The maximum absolute atomic E-state index is 11.7. The molecular formula is C28H28N4O2+2. The number of carbonyl (C=O) groups excluding carboxylic acids is 1. The summed E-state index contributed by atoms with van der Waals surface area (Å²) in [6.07, 6.45) is 10.1. The Labute approximate surface area is 199 Å². The molecule has 0 aliphatic heterocycles. The van der Waals surface area contributed by atoms with E-state index in [9.17, 15) is 4.79 Å². The third-order valence-corrected chi connectivity index (χ3v) is 5.31. The van der Waals surface area contributed by atoms with E-state index < -0.39 is 0 Å². The van der Waals surface area contributed by atoms with Crippen LogP contribution in [0.3, 0.4) is 0 Å². The fraction of sp³-hybridized carbons (Fsp3) is 0.143. The molecule has 2 aromatic heterocycles. The number of ether oxygens (including phenoxy) is 1. The van der Waals surface area contributed by atoms with Gasteiger partial charge in [0.15, 0.2) is 31.2 Å². The molecule has 0 spiro atoms. The Kier molecular flexibility index (Phi) is 7.40. The lowest BCUT2D eigenvalue weighted by molar-refractivity contribution is -0.596. The van der Waals surface area contributed by atoms with Gasteiger partial charge in [-0.2, -0.15) is 9.13 Å². The van der Waals surface area contributed by atoms with E-state index in [2.05, 4.69) is 39.1 Å². The lowest BCUT2D eigenvalue weighted by Gasteiger charge is -2.04. The molecule has 0 unspecified atom stereocenters. The number of aliphatic imine (C=N–C) groups is 1. The number of pyridine rings is 2. The molecule has 2 aromatic carbocycles. The molecule has 0 aliphatic rings. The molecule has 0 aliphatic carbocycles. The molecule has 4 aromatic rings. The molecule has 0 saturated heterocycles. The number of anilines is 1. The third kappa shape index (κ3) is 5.72. The largest absolute Gasteiger partial charge is 0.483 e. The summed E-state index contributed by atoms with van der Waals surface area (Å²) in [5, 5.41) is 2.91. The zero-order valence-corrected chi connectivity index (χ0v) is 19.4. The first kappa shape index (κ1) is 22.9. The third-order valence-electron chi connectivity index (χ3n) is 5.31. The van der Waals surface area contributed by atoms with E-state index >= 15 is 0 Å². The van der Waals surface area contributed by atoms with Gasteiger partial charge in [-0.15, -0.1) is 0 Å². The zero-order valence-electron chi connectivity index (χ0n) is 19.4. The van der Waals surface area contributed by atoms with Crippen LogP contribution in [0.5, 0.6) is 0 Å². The maximum atomic E-state index is 11.7. The van der Waals surface area contributed by atoms with Gasteiger partial charge in [-0.1, -0.05) is 19.1 Å². The molecule has 6 nitrogen and oxygen atoms in total. The summed E-state index contributed by atoms with van der Waals surface area (Å²) in [5.74, 6) is 0.00350. The zero-order chi connectivity index (χ0) is 23.8. The second-order valence-corrected chi connectivity index (χ2v) is 7.65. The van der Waals surface area contributed by atoms with Crippen LogP contribution < -0.4 is 14.5 Å². The summed E-state index contributed by atoms with van der Waals surface area (Å²) in [6.45, 7) is 4.37. The average molecular weight is 453 g/mol. The summed E-state index contributed by atoms with van der Waals surface area (Å²) >= 11 is 0. The van der Waals surface area contributed by atoms with Gasteiger partial charge in [-0.05, 0) is 30.2 Å². The number of aromatic nitrogens is 2. The van der Waals surface area contributed by atoms with Gasteiger partial charge in [-0.25, -0.2) is 4.99 Å². The first-order valence-electron chi connectivity index (χ1n) is 11.3. The van der Waals surface area contributed by atoms with Crippen LogP contribution in [0.4, 0.5) is 11.4 Å². The molecule has 34 heavy (non-hydrogen) atoms. The minimum absolute atomic E-state index is 0.00350. The first-order valence-corrected chi connectivity index (χ1v) is 11.3. The summed E-state index contributed by atoms with van der Waals surface area (Å²) in [6, 6.07) is 24.1. The maximum Gasteiger partial charge on any atom is 0.224 e. The Morgan fingerprint density at radius 2 is 1.44 bits per heavy atom. The number of benzene rings is 2. The Hall–Kier alpha value is -4.32. The van der Waals surface area contributed by atoms with Gasteiger partial charge in [0.2, 0.25) is 17.3 Å². The Bertz CT molecular complexity index is 1280. The van der Waals surface area contributed by atoms with Gasteiger partial charge in [-0.3, -0.25) is 4.79 Å². The van der Waals surface area contributed by atoms with Crippen molar-refractivity contribution in [2.24, 2.45) is 4.99 Å². The second-order valence-electron chi connectivity index (χ2n) is 7.65. The number of amides is 1. The summed E-state index contributed by atoms with van der Waals surface area (Å²) in [7, 11) is 0. The van der Waals surface area contributed by atoms with E-state index in [4.69, 9.17) is 4.74 Å². The fourth-order valence-corrected chi connectivity index (χ4v) is 3.48. The lowest BCUT2D eigenvalue weighted by atomic mass is 10.1. The van der Waals surface area contributed by atoms with Gasteiger partial charge < -0.3 is 10.1 Å². The topological polar surface area (TPSA) is 58.4 Å². The van der Waals surface area contributed by atoms with Gasteiger partial charge in [0.25, 0.3) is 0 Å². The summed E-state index contributed by atoms with van der Waals surface area (Å²) < 4.78 is 9.28. The minimum Gasteiger partial charge on any atom is -0.483 e. The molecule has 4 rings (SSSR count). The molecule has 2 heterocycles. The van der Waals surface area contributed by atoms with Crippen molar-refractivity contribution in [3.8, 4) is 22.5 Å². The van der Waals surface area contributed by atoms with Crippen molar-refractivity contribution in [2.45, 2.75) is 20.3 Å². The monoisotopic (exact) mass is 452 g/mol. The number of rotatable bonds is 8. The SMILES string of the molecule is CCOC=Nc1cccc(-[n+]2ccc(-c3cc[n+](-c4cccc(NC(=O)CC)c4)cc3)cc2)c1. The smallest absolute Gasteiger partial charge is 0.224 e. The molecular weight excluding hydrogens is 424 g/mol. The molecule has 0 bridgehead atoms. The van der Waals surface area contributed by atoms with Crippen LogP contribution >= 0.6 is 0 Å². The van der Waals surface area contributed by atoms with Crippen molar-refractivity contribution in [2.75, 3.05) is 11.9 Å². The van der Waals surface area contributed by atoms with Gasteiger partial charge >= 0.3 is 0 Å². The van der Waals surface area contributed by atoms with Gasteiger partial charge in [0, 0.05) is 60.6 Å². The highest BCUT2D eigenvalue weighted by Crippen LogP contribution is 2.18. The van der Waals surface area contributed by atoms with Crippen molar-refractivity contribution in [1.29, 1.82) is 0 Å². The van der Waals surface area contributed by atoms with E-state index in [1.165, 1.54) is 6.40 Å². The molecule has 0 atom stereocenters. The molecule has 0 fully saturated rings. The van der Waals surface area contributed by atoms with Crippen LogP contribution in [0.2, 0.25) is 0 Å². The normalized spacial score (nSPS) is 10.9. The van der Waals surface area contributed by atoms with E-state index in [1.807, 2.05) is 91.7 Å². The fourth-order valence-electron chi connectivity index (χ4n) is 3.48. The molecule has 170 valence electrons. The van der Waals surface area contributed by atoms with Crippen molar-refractivity contribution in [1.82, 2.24) is 0 Å². The van der Waals surface area contributed by atoms with Crippen LogP contribution in [0.1, 0.15) is 20.3 Å². The molecule has 1 N–H and O–H groups in total. The van der Waals surface area contributed by atoms with E-state index in [0.717, 1.165) is 33.9 Å². The van der Waals surface area contributed by atoms with Crippen molar-refractivity contribution < 1.29 is 18.7 Å². The Balaban J connectivity index is 1.50. The Morgan fingerprint density at radius 1 is 0.853 bits per heavy atom. The van der Waals surface area contributed by atoms with Crippen LogP contribution in [0.25, 0.3) is 22.5 Å². The van der Waals surface area contributed by atoms with Crippen molar-refractivity contribution in [3.05, 3.63) is 97.6 Å². The highest BCUT2D eigenvalue weighted by molar-refractivity contribution is 5.90. The summed E-state index contributed by atoms with van der Waals surface area (Å²) in [5.41, 5.74) is 5.89. The predicted molar refractivity (Wildman–Crippen MR) is 134 cm³/mol. The van der Waals surface area contributed by atoms with Crippen LogP contribution in [0, 0.1) is 0 Å². The highest BCUT2D eigenvalue weighted by Gasteiger charge is 2.11.